The van der Waals surface area contributed by atoms with E-state index in [0.29, 0.717) is 25.4 Å². The lowest BCUT2D eigenvalue weighted by molar-refractivity contribution is -0.129. The Labute approximate surface area is 165 Å². The highest BCUT2D eigenvalue weighted by Crippen LogP contribution is 2.37. The number of carbonyl (C=O) groups excluding carboxylic acids is 1. The minimum Gasteiger partial charge on any atom is -0.391 e. The van der Waals surface area contributed by atoms with Crippen molar-refractivity contribution in [2.24, 2.45) is 11.8 Å². The Hall–Kier alpha value is -1.55. The van der Waals surface area contributed by atoms with Crippen LogP contribution in [0.4, 0.5) is 4.39 Å². The average Bonchev–Trinajstić information content (AvgIpc) is 3.04. The number of amides is 1. The molecule has 7 nitrogen and oxygen atoms in total. The molecule has 4 atom stereocenters. The first-order chi connectivity index (χ1) is 13.1. The smallest absolute Gasteiger partial charge is 0.241 e. The van der Waals surface area contributed by atoms with Crippen molar-refractivity contribution in [3.8, 4) is 0 Å². The lowest BCUT2D eigenvalue weighted by atomic mass is 9.77. The van der Waals surface area contributed by atoms with Crippen molar-refractivity contribution >= 4 is 15.9 Å². The fourth-order valence-electron chi connectivity index (χ4n) is 4.30. The molecular formula is C19H28FN3O4S. The van der Waals surface area contributed by atoms with Crippen molar-refractivity contribution in [3.05, 3.63) is 29.6 Å². The van der Waals surface area contributed by atoms with Crippen LogP contribution in [0.5, 0.6) is 0 Å². The number of likely N-dealkylation sites (tertiary alicyclic amines) is 1. The first-order valence-electron chi connectivity index (χ1n) is 9.46. The summed E-state index contributed by atoms with van der Waals surface area (Å²) in [7, 11) is -0.00463. The summed E-state index contributed by atoms with van der Waals surface area (Å²) >= 11 is 0. The van der Waals surface area contributed by atoms with E-state index in [1.807, 2.05) is 19.0 Å². The molecule has 156 valence electrons. The summed E-state index contributed by atoms with van der Waals surface area (Å²) in [6.07, 6.45) is 1.06. The van der Waals surface area contributed by atoms with E-state index in [0.717, 1.165) is 12.5 Å². The van der Waals surface area contributed by atoms with Gasteiger partial charge in [0.15, 0.2) is 0 Å². The third-order valence-electron chi connectivity index (χ3n) is 5.98. The van der Waals surface area contributed by atoms with Gasteiger partial charge in [-0.05, 0) is 69.5 Å². The van der Waals surface area contributed by atoms with E-state index in [1.54, 1.807) is 4.90 Å². The number of nitrogens with one attached hydrogen (secondary N) is 1. The van der Waals surface area contributed by atoms with Crippen LogP contribution in [0, 0.1) is 24.6 Å². The Kier molecular flexibility index (Phi) is 6.09. The molecule has 1 saturated carbocycles. The number of aryl methyl sites for hydroxylation is 1. The highest BCUT2D eigenvalue weighted by atomic mass is 32.2. The Balaban J connectivity index is 1.59. The van der Waals surface area contributed by atoms with Gasteiger partial charge < -0.3 is 14.9 Å². The average molecular weight is 414 g/mol. The third kappa shape index (κ3) is 4.37. The summed E-state index contributed by atoms with van der Waals surface area (Å²) in [5, 5.41) is 10.3. The molecule has 2 aliphatic rings. The maximum atomic E-state index is 13.4. The van der Waals surface area contributed by atoms with Crippen molar-refractivity contribution < 1.29 is 22.7 Å². The number of sulfonamides is 1. The lowest BCUT2D eigenvalue weighted by Crippen LogP contribution is -2.46. The summed E-state index contributed by atoms with van der Waals surface area (Å²) in [5.74, 6) is -0.205. The zero-order valence-corrected chi connectivity index (χ0v) is 17.2. The standard InChI is InChI=1S/C19H28FN3O4S/c1-12-6-15(4-5-16(12)20)28(26,27)21-9-19(25)23-10-13-7-17(22(2)3)18(24)8-14(13)11-23/h4-6,13-14,17-18,21,24H,7-11H2,1-3H3/t13-,14+,17-,18-/m1/s1. The summed E-state index contributed by atoms with van der Waals surface area (Å²) in [5.41, 5.74) is 0.229. The zero-order valence-electron chi connectivity index (χ0n) is 16.4. The fourth-order valence-corrected chi connectivity index (χ4v) is 5.36. The molecule has 2 fully saturated rings. The Bertz CT molecular complexity index is 846. The van der Waals surface area contributed by atoms with Crippen molar-refractivity contribution in [3.63, 3.8) is 0 Å². The highest BCUT2D eigenvalue weighted by molar-refractivity contribution is 7.89. The van der Waals surface area contributed by atoms with Crippen LogP contribution in [-0.4, -0.2) is 75.1 Å². The SMILES string of the molecule is Cc1cc(S(=O)(=O)NCC(=O)N2C[C@H]3C[C@@H](N(C)C)[C@H](O)C[C@H]3C2)ccc1F. The molecule has 0 radical (unpaired) electrons. The summed E-state index contributed by atoms with van der Waals surface area (Å²) in [6, 6.07) is 3.61. The fraction of sp³-hybridized carbons (Fsp3) is 0.632. The quantitative estimate of drug-likeness (QED) is 0.737. The predicted molar refractivity (Wildman–Crippen MR) is 103 cm³/mol. The molecule has 0 bridgehead atoms. The number of aliphatic hydroxyl groups is 1. The number of likely N-dealkylation sites (N-methyl/N-ethyl adjacent to an activating group) is 1. The Morgan fingerprint density at radius 1 is 1.29 bits per heavy atom. The zero-order chi connectivity index (χ0) is 20.6. The number of carbonyl (C=O) groups is 1. The van der Waals surface area contributed by atoms with Gasteiger partial charge in [-0.1, -0.05) is 0 Å². The molecule has 28 heavy (non-hydrogen) atoms. The van der Waals surface area contributed by atoms with Crippen LogP contribution in [0.2, 0.25) is 0 Å². The van der Waals surface area contributed by atoms with E-state index in [1.165, 1.54) is 19.1 Å². The van der Waals surface area contributed by atoms with E-state index in [-0.39, 0.29) is 34.9 Å². The molecule has 9 heteroatoms. The number of rotatable bonds is 5. The van der Waals surface area contributed by atoms with Gasteiger partial charge in [-0.3, -0.25) is 4.79 Å². The molecule has 1 aliphatic heterocycles. The van der Waals surface area contributed by atoms with E-state index in [2.05, 4.69) is 4.72 Å². The van der Waals surface area contributed by atoms with Crippen LogP contribution in [0.3, 0.4) is 0 Å². The number of aliphatic hydroxyl groups excluding tert-OH is 1. The Morgan fingerprint density at radius 2 is 1.93 bits per heavy atom. The molecule has 1 saturated heterocycles. The molecule has 2 N–H and O–H groups in total. The summed E-state index contributed by atoms with van der Waals surface area (Å²) in [6.45, 7) is 2.27. The Morgan fingerprint density at radius 3 is 2.54 bits per heavy atom. The molecular weight excluding hydrogens is 385 g/mol. The molecule has 0 spiro atoms. The van der Waals surface area contributed by atoms with Gasteiger partial charge in [0, 0.05) is 19.1 Å². The molecule has 1 heterocycles. The number of hydrogen-bond acceptors (Lipinski definition) is 5. The van der Waals surface area contributed by atoms with Gasteiger partial charge in [0.1, 0.15) is 5.82 Å². The van der Waals surface area contributed by atoms with Crippen LogP contribution < -0.4 is 4.72 Å². The van der Waals surface area contributed by atoms with Gasteiger partial charge in [-0.25, -0.2) is 17.5 Å². The van der Waals surface area contributed by atoms with Gasteiger partial charge in [0.2, 0.25) is 15.9 Å². The van der Waals surface area contributed by atoms with Crippen LogP contribution in [0.1, 0.15) is 18.4 Å². The van der Waals surface area contributed by atoms with Gasteiger partial charge in [-0.2, -0.15) is 0 Å². The maximum Gasteiger partial charge on any atom is 0.241 e. The highest BCUT2D eigenvalue weighted by Gasteiger charge is 2.43. The van der Waals surface area contributed by atoms with Crippen molar-refractivity contribution in [1.29, 1.82) is 0 Å². The van der Waals surface area contributed by atoms with E-state index in [4.69, 9.17) is 0 Å². The van der Waals surface area contributed by atoms with E-state index < -0.39 is 21.9 Å². The second-order valence-corrected chi connectivity index (χ2v) is 9.89. The molecule has 0 aromatic heterocycles. The molecule has 1 amide bonds. The number of halogens is 1. The van der Waals surface area contributed by atoms with Crippen LogP contribution in [0.15, 0.2) is 23.1 Å². The normalized spacial score (nSPS) is 27.9. The monoisotopic (exact) mass is 413 g/mol. The second-order valence-electron chi connectivity index (χ2n) is 8.12. The molecule has 1 aromatic rings. The van der Waals surface area contributed by atoms with Gasteiger partial charge >= 0.3 is 0 Å². The number of fused-ring (bicyclic) bond motifs is 1. The topological polar surface area (TPSA) is 90.0 Å². The van der Waals surface area contributed by atoms with E-state index >= 15 is 0 Å². The molecule has 1 aliphatic carbocycles. The number of benzene rings is 1. The minimum atomic E-state index is -3.89. The van der Waals surface area contributed by atoms with Crippen LogP contribution in [0.25, 0.3) is 0 Å². The molecule has 1 aromatic carbocycles. The van der Waals surface area contributed by atoms with Crippen molar-refractivity contribution in [1.82, 2.24) is 14.5 Å². The number of hydrogen-bond donors (Lipinski definition) is 2. The van der Waals surface area contributed by atoms with Gasteiger partial charge in [0.25, 0.3) is 0 Å². The lowest BCUT2D eigenvalue weighted by Gasteiger charge is -2.38. The molecule has 0 unspecified atom stereocenters. The van der Waals surface area contributed by atoms with E-state index in [9.17, 15) is 22.7 Å². The first-order valence-corrected chi connectivity index (χ1v) is 10.9. The van der Waals surface area contributed by atoms with Crippen LogP contribution >= 0.6 is 0 Å². The summed E-state index contributed by atoms with van der Waals surface area (Å²) < 4.78 is 40.4. The second kappa shape index (κ2) is 8.06. The first kappa shape index (κ1) is 21.2. The molecule has 3 rings (SSSR count). The van der Waals surface area contributed by atoms with Gasteiger partial charge in [-0.15, -0.1) is 0 Å². The van der Waals surface area contributed by atoms with Gasteiger partial charge in [0.05, 0.1) is 17.5 Å². The predicted octanol–water partition coefficient (Wildman–Crippen LogP) is 0.572. The van der Waals surface area contributed by atoms with Crippen molar-refractivity contribution in [2.45, 2.75) is 36.8 Å². The van der Waals surface area contributed by atoms with Crippen molar-refractivity contribution in [2.75, 3.05) is 33.7 Å². The number of nitrogens with zero attached hydrogens (tertiary/aromatic N) is 2. The maximum absolute atomic E-state index is 13.4. The third-order valence-corrected chi connectivity index (χ3v) is 7.38. The largest absolute Gasteiger partial charge is 0.391 e. The summed E-state index contributed by atoms with van der Waals surface area (Å²) in [4.78, 5) is 16.2. The minimum absolute atomic E-state index is 0.0637. The van der Waals surface area contributed by atoms with Crippen LogP contribution in [-0.2, 0) is 14.8 Å².